The van der Waals surface area contributed by atoms with Crippen LogP contribution in [0.1, 0.15) is 83.8 Å². The predicted octanol–water partition coefficient (Wildman–Crippen LogP) is 7.50. The molecule has 158 valence electrons. The number of unbranched alkanes of at least 4 members (excludes halogenated alkanes) is 5. The van der Waals surface area contributed by atoms with E-state index in [0.717, 1.165) is 48.3 Å². The Balaban J connectivity index is 1.80. The van der Waals surface area contributed by atoms with E-state index in [-0.39, 0.29) is 12.1 Å². The van der Waals surface area contributed by atoms with E-state index < -0.39 is 0 Å². The van der Waals surface area contributed by atoms with Crippen molar-refractivity contribution in [3.05, 3.63) is 54.1 Å². The summed E-state index contributed by atoms with van der Waals surface area (Å²) in [4.78, 5) is 12.1. The van der Waals surface area contributed by atoms with Gasteiger partial charge in [-0.3, -0.25) is 4.79 Å². The molecule has 1 atom stereocenters. The fourth-order valence-corrected chi connectivity index (χ4v) is 3.28. The first kappa shape index (κ1) is 23.0. The van der Waals surface area contributed by atoms with E-state index in [1.807, 2.05) is 31.2 Å². The third-order valence-corrected chi connectivity index (χ3v) is 5.08. The van der Waals surface area contributed by atoms with Crippen LogP contribution in [0.15, 0.2) is 48.5 Å². The molecule has 0 aliphatic rings. The molecule has 2 aromatic carbocycles. The monoisotopic (exact) mass is 396 g/mol. The van der Waals surface area contributed by atoms with E-state index in [1.54, 1.807) is 0 Å². The van der Waals surface area contributed by atoms with Gasteiger partial charge in [0.2, 0.25) is 0 Å². The first-order valence-electron chi connectivity index (χ1n) is 11.2. The summed E-state index contributed by atoms with van der Waals surface area (Å²) in [5.74, 6) is 0.804. The van der Waals surface area contributed by atoms with Crippen LogP contribution in [0.3, 0.4) is 0 Å². The highest BCUT2D eigenvalue weighted by Gasteiger charge is 2.12. The van der Waals surface area contributed by atoms with E-state index in [1.165, 1.54) is 25.7 Å². The van der Waals surface area contributed by atoms with Gasteiger partial charge in [-0.1, -0.05) is 82.3 Å². The summed E-state index contributed by atoms with van der Waals surface area (Å²) in [7, 11) is 0. The molecular formula is C26H36O3. The fourth-order valence-electron chi connectivity index (χ4n) is 3.28. The molecule has 0 heterocycles. The molecule has 3 nitrogen and oxygen atoms in total. The lowest BCUT2D eigenvalue weighted by Crippen LogP contribution is -2.08. The number of ether oxygens (including phenoxy) is 2. The van der Waals surface area contributed by atoms with E-state index in [0.29, 0.717) is 6.42 Å². The molecule has 1 unspecified atom stereocenters. The highest BCUT2D eigenvalue weighted by Crippen LogP contribution is 2.25. The van der Waals surface area contributed by atoms with Crippen LogP contribution in [-0.4, -0.2) is 12.6 Å². The number of hydrogen-bond acceptors (Lipinski definition) is 3. The van der Waals surface area contributed by atoms with Gasteiger partial charge in [-0.25, -0.2) is 0 Å². The summed E-state index contributed by atoms with van der Waals surface area (Å²) in [6.45, 7) is 6.99. The molecule has 0 spiro atoms. The lowest BCUT2D eigenvalue weighted by atomic mass is 10.0. The van der Waals surface area contributed by atoms with Crippen LogP contribution in [0.2, 0.25) is 0 Å². The average Bonchev–Trinajstić information content (AvgIpc) is 2.75. The largest absolute Gasteiger partial charge is 0.494 e. The van der Waals surface area contributed by atoms with Gasteiger partial charge in [-0.05, 0) is 48.6 Å². The minimum Gasteiger partial charge on any atom is -0.494 e. The number of rotatable bonds is 13. The zero-order valence-electron chi connectivity index (χ0n) is 18.3. The molecule has 0 aliphatic carbocycles. The SMILES string of the molecule is CCCCCCCCC(=O)OC(C)c1ccc(-c2ccc(OCCC)cc2)cc1. The molecule has 0 saturated carbocycles. The van der Waals surface area contributed by atoms with Crippen molar-refractivity contribution in [2.24, 2.45) is 0 Å². The van der Waals surface area contributed by atoms with E-state index in [2.05, 4.69) is 38.1 Å². The Morgan fingerprint density at radius 3 is 2.00 bits per heavy atom. The van der Waals surface area contributed by atoms with Gasteiger partial charge in [-0.15, -0.1) is 0 Å². The van der Waals surface area contributed by atoms with Crippen LogP contribution >= 0.6 is 0 Å². The number of esters is 1. The summed E-state index contributed by atoms with van der Waals surface area (Å²) >= 11 is 0. The predicted molar refractivity (Wildman–Crippen MR) is 120 cm³/mol. The van der Waals surface area contributed by atoms with Crippen molar-refractivity contribution in [3.63, 3.8) is 0 Å². The third kappa shape index (κ3) is 8.31. The molecule has 2 aromatic rings. The minimum atomic E-state index is -0.221. The van der Waals surface area contributed by atoms with Crippen LogP contribution in [0.5, 0.6) is 5.75 Å². The summed E-state index contributed by atoms with van der Waals surface area (Å²) in [6, 6.07) is 16.4. The molecule has 0 fully saturated rings. The average molecular weight is 397 g/mol. The number of benzene rings is 2. The van der Waals surface area contributed by atoms with Gasteiger partial charge in [0.1, 0.15) is 11.9 Å². The molecule has 0 aromatic heterocycles. The van der Waals surface area contributed by atoms with E-state index >= 15 is 0 Å². The maximum atomic E-state index is 12.1. The van der Waals surface area contributed by atoms with Crippen molar-refractivity contribution in [1.82, 2.24) is 0 Å². The zero-order chi connectivity index (χ0) is 20.9. The second kappa shape index (κ2) is 13.0. The molecule has 0 radical (unpaired) electrons. The topological polar surface area (TPSA) is 35.5 Å². The van der Waals surface area contributed by atoms with Crippen molar-refractivity contribution in [2.45, 2.75) is 78.2 Å². The Hall–Kier alpha value is -2.29. The van der Waals surface area contributed by atoms with Crippen LogP contribution < -0.4 is 4.74 Å². The molecule has 0 amide bonds. The molecule has 0 saturated heterocycles. The van der Waals surface area contributed by atoms with Gasteiger partial charge in [-0.2, -0.15) is 0 Å². The first-order chi connectivity index (χ1) is 14.1. The smallest absolute Gasteiger partial charge is 0.306 e. The normalized spacial score (nSPS) is 11.8. The molecule has 0 N–H and O–H groups in total. The van der Waals surface area contributed by atoms with Crippen LogP contribution in [-0.2, 0) is 9.53 Å². The maximum Gasteiger partial charge on any atom is 0.306 e. The number of hydrogen-bond donors (Lipinski definition) is 0. The quantitative estimate of drug-likeness (QED) is 0.260. The van der Waals surface area contributed by atoms with Crippen LogP contribution in [0.4, 0.5) is 0 Å². The summed E-state index contributed by atoms with van der Waals surface area (Å²) in [6.07, 6.45) is 8.35. The van der Waals surface area contributed by atoms with Gasteiger partial charge in [0.25, 0.3) is 0 Å². The molecule has 0 bridgehead atoms. The highest BCUT2D eigenvalue weighted by molar-refractivity contribution is 5.69. The van der Waals surface area contributed by atoms with Gasteiger partial charge in [0.05, 0.1) is 6.61 Å². The number of carbonyl (C=O) groups is 1. The van der Waals surface area contributed by atoms with Crippen molar-refractivity contribution in [3.8, 4) is 16.9 Å². The molecular weight excluding hydrogens is 360 g/mol. The Labute approximate surface area is 176 Å². The lowest BCUT2D eigenvalue weighted by Gasteiger charge is -2.14. The van der Waals surface area contributed by atoms with Gasteiger partial charge in [0.15, 0.2) is 0 Å². The van der Waals surface area contributed by atoms with Crippen LogP contribution in [0, 0.1) is 0 Å². The Bertz CT molecular complexity index is 704. The molecule has 2 rings (SSSR count). The highest BCUT2D eigenvalue weighted by atomic mass is 16.5. The third-order valence-electron chi connectivity index (χ3n) is 5.08. The second-order valence-corrected chi connectivity index (χ2v) is 7.64. The van der Waals surface area contributed by atoms with Crippen LogP contribution in [0.25, 0.3) is 11.1 Å². The Morgan fingerprint density at radius 2 is 1.38 bits per heavy atom. The Kier molecular flexibility index (Phi) is 10.3. The van der Waals surface area contributed by atoms with E-state index in [4.69, 9.17) is 9.47 Å². The molecule has 29 heavy (non-hydrogen) atoms. The summed E-state index contributed by atoms with van der Waals surface area (Å²) in [5, 5.41) is 0. The van der Waals surface area contributed by atoms with Crippen molar-refractivity contribution in [1.29, 1.82) is 0 Å². The number of carbonyl (C=O) groups excluding carboxylic acids is 1. The van der Waals surface area contributed by atoms with Gasteiger partial charge >= 0.3 is 5.97 Å². The van der Waals surface area contributed by atoms with Gasteiger partial charge in [0, 0.05) is 6.42 Å². The zero-order valence-corrected chi connectivity index (χ0v) is 18.3. The summed E-state index contributed by atoms with van der Waals surface area (Å²) < 4.78 is 11.2. The fraction of sp³-hybridized carbons (Fsp3) is 0.500. The van der Waals surface area contributed by atoms with Crippen molar-refractivity contribution in [2.75, 3.05) is 6.61 Å². The van der Waals surface area contributed by atoms with Crippen molar-refractivity contribution < 1.29 is 14.3 Å². The Morgan fingerprint density at radius 1 is 0.793 bits per heavy atom. The molecule has 3 heteroatoms. The lowest BCUT2D eigenvalue weighted by molar-refractivity contribution is -0.148. The standard InChI is InChI=1S/C26H36O3/c1-4-6-7-8-9-10-11-26(27)29-21(3)22-12-14-23(15-13-22)24-16-18-25(19-17-24)28-20-5-2/h12-19,21H,4-11,20H2,1-3H3. The second-order valence-electron chi connectivity index (χ2n) is 7.64. The van der Waals surface area contributed by atoms with Crippen molar-refractivity contribution >= 4 is 5.97 Å². The summed E-state index contributed by atoms with van der Waals surface area (Å²) in [5.41, 5.74) is 3.31. The van der Waals surface area contributed by atoms with Gasteiger partial charge < -0.3 is 9.47 Å². The first-order valence-corrected chi connectivity index (χ1v) is 11.2. The minimum absolute atomic E-state index is 0.0975. The maximum absolute atomic E-state index is 12.1. The molecule has 0 aliphatic heterocycles. The van der Waals surface area contributed by atoms with E-state index in [9.17, 15) is 4.79 Å².